The van der Waals surface area contributed by atoms with Crippen LogP contribution in [0.4, 0.5) is 14.6 Å². The standard InChI is InChI=1S/C17H18F2N4O3/c1-7-2-8(20)5-22(7)16-12(19)3-9-14(24)10(17(25)26)6-23(15(9)21-16)13-4-11(13)18/h3,6-8,11,13H,2,4-5,20H2,1H3,(H,25,26)/t7-,8+,11?,13?/m0/s1. The predicted molar refractivity (Wildman–Crippen MR) is 90.9 cm³/mol. The summed E-state index contributed by atoms with van der Waals surface area (Å²) in [6, 6.07) is 0.255. The second kappa shape index (κ2) is 5.73. The van der Waals surface area contributed by atoms with Gasteiger partial charge >= 0.3 is 5.97 Å². The zero-order valence-corrected chi connectivity index (χ0v) is 14.0. The number of halogens is 2. The SMILES string of the molecule is C[C@H]1C[C@@H](N)CN1c1nc2c(cc1F)c(=O)c(C(=O)O)cn2C1CC1F. The van der Waals surface area contributed by atoms with Gasteiger partial charge in [-0.05, 0) is 19.4 Å². The summed E-state index contributed by atoms with van der Waals surface area (Å²) in [5.74, 6) is -2.12. The Bertz CT molecular complexity index is 977. The van der Waals surface area contributed by atoms with Crippen LogP contribution in [-0.2, 0) is 0 Å². The molecular formula is C17H18F2N4O3. The van der Waals surface area contributed by atoms with E-state index in [1.54, 1.807) is 4.90 Å². The van der Waals surface area contributed by atoms with E-state index in [2.05, 4.69) is 4.98 Å². The quantitative estimate of drug-likeness (QED) is 0.855. The highest BCUT2D eigenvalue weighted by atomic mass is 19.1. The molecule has 0 bridgehead atoms. The second-order valence-corrected chi connectivity index (χ2v) is 7.07. The van der Waals surface area contributed by atoms with E-state index in [1.165, 1.54) is 4.57 Å². The molecule has 1 aliphatic heterocycles. The number of aromatic nitrogens is 2. The first kappa shape index (κ1) is 16.9. The molecule has 3 N–H and O–H groups in total. The number of rotatable bonds is 3. The maximum Gasteiger partial charge on any atom is 0.341 e. The van der Waals surface area contributed by atoms with Gasteiger partial charge in [0.2, 0.25) is 5.43 Å². The van der Waals surface area contributed by atoms with Crippen LogP contribution in [0.1, 0.15) is 36.2 Å². The van der Waals surface area contributed by atoms with Gasteiger partial charge in [0.25, 0.3) is 0 Å². The second-order valence-electron chi connectivity index (χ2n) is 7.07. The highest BCUT2D eigenvalue weighted by Gasteiger charge is 2.41. The number of hydrogen-bond donors (Lipinski definition) is 2. The number of carboxylic acid groups (broad SMARTS) is 1. The number of aromatic carboxylic acids is 1. The van der Waals surface area contributed by atoms with Crippen molar-refractivity contribution in [3.05, 3.63) is 33.9 Å². The average Bonchev–Trinajstić information content (AvgIpc) is 3.19. The normalized spacial score (nSPS) is 27.9. The molecule has 2 aromatic rings. The van der Waals surface area contributed by atoms with E-state index < -0.39 is 35.0 Å². The van der Waals surface area contributed by atoms with Crippen LogP contribution in [0.25, 0.3) is 11.0 Å². The Hall–Kier alpha value is -2.55. The van der Waals surface area contributed by atoms with E-state index in [9.17, 15) is 23.5 Å². The first-order valence-electron chi connectivity index (χ1n) is 8.43. The lowest BCUT2D eigenvalue weighted by Crippen LogP contribution is -2.31. The van der Waals surface area contributed by atoms with Gasteiger partial charge in [-0.25, -0.2) is 18.6 Å². The molecule has 2 fully saturated rings. The summed E-state index contributed by atoms with van der Waals surface area (Å²) in [6.45, 7) is 2.32. The van der Waals surface area contributed by atoms with Crippen LogP contribution < -0.4 is 16.1 Å². The number of hydrogen-bond acceptors (Lipinski definition) is 5. The molecule has 138 valence electrons. The van der Waals surface area contributed by atoms with Crippen LogP contribution in [-0.4, -0.2) is 45.4 Å². The molecule has 4 rings (SSSR count). The Balaban J connectivity index is 1.96. The minimum atomic E-state index is -1.44. The third-order valence-corrected chi connectivity index (χ3v) is 5.09. The molecule has 0 aromatic carbocycles. The topological polar surface area (TPSA) is 101 Å². The van der Waals surface area contributed by atoms with Crippen LogP contribution in [0.5, 0.6) is 0 Å². The zero-order chi connectivity index (χ0) is 18.7. The van der Waals surface area contributed by atoms with Crippen LogP contribution in [0.15, 0.2) is 17.1 Å². The van der Waals surface area contributed by atoms with Crippen LogP contribution in [0, 0.1) is 5.82 Å². The molecule has 2 aromatic heterocycles. The fourth-order valence-corrected chi connectivity index (χ4v) is 3.65. The molecule has 9 heteroatoms. The molecule has 0 amide bonds. The molecule has 2 aliphatic rings. The van der Waals surface area contributed by atoms with Crippen LogP contribution >= 0.6 is 0 Å². The Morgan fingerprint density at radius 1 is 1.42 bits per heavy atom. The number of anilines is 1. The van der Waals surface area contributed by atoms with E-state index in [-0.39, 0.29) is 35.4 Å². The van der Waals surface area contributed by atoms with Crippen LogP contribution in [0.2, 0.25) is 0 Å². The summed E-state index contributed by atoms with van der Waals surface area (Å²) in [7, 11) is 0. The van der Waals surface area contributed by atoms with Gasteiger partial charge in [0.15, 0.2) is 11.6 Å². The van der Waals surface area contributed by atoms with Gasteiger partial charge in [-0.3, -0.25) is 4.79 Å². The zero-order valence-electron chi connectivity index (χ0n) is 14.0. The highest BCUT2D eigenvalue weighted by Crippen LogP contribution is 2.40. The van der Waals surface area contributed by atoms with Gasteiger partial charge < -0.3 is 20.3 Å². The Kier molecular flexibility index (Phi) is 3.72. The van der Waals surface area contributed by atoms with Crippen molar-refractivity contribution in [3.8, 4) is 0 Å². The first-order valence-corrected chi connectivity index (χ1v) is 8.43. The first-order chi connectivity index (χ1) is 12.3. The number of nitrogens with two attached hydrogens (primary N) is 1. The van der Waals surface area contributed by atoms with Crippen molar-refractivity contribution in [2.45, 2.75) is 44.1 Å². The highest BCUT2D eigenvalue weighted by molar-refractivity contribution is 5.92. The maximum absolute atomic E-state index is 14.7. The third-order valence-electron chi connectivity index (χ3n) is 5.09. The van der Waals surface area contributed by atoms with Crippen molar-refractivity contribution in [2.75, 3.05) is 11.4 Å². The third kappa shape index (κ3) is 2.54. The van der Waals surface area contributed by atoms with Gasteiger partial charge in [-0.1, -0.05) is 0 Å². The molecule has 7 nitrogen and oxygen atoms in total. The van der Waals surface area contributed by atoms with Crippen molar-refractivity contribution in [1.29, 1.82) is 0 Å². The number of alkyl halides is 1. The van der Waals surface area contributed by atoms with Crippen LogP contribution in [0.3, 0.4) is 0 Å². The number of nitrogens with zero attached hydrogens (tertiary/aromatic N) is 3. The molecule has 0 spiro atoms. The van der Waals surface area contributed by atoms with E-state index in [0.29, 0.717) is 13.0 Å². The number of pyridine rings is 2. The summed E-state index contributed by atoms with van der Waals surface area (Å²) in [4.78, 5) is 29.8. The summed E-state index contributed by atoms with van der Waals surface area (Å²) >= 11 is 0. The Morgan fingerprint density at radius 3 is 2.65 bits per heavy atom. The number of carbonyl (C=O) groups is 1. The van der Waals surface area contributed by atoms with Gasteiger partial charge in [0.05, 0.1) is 11.4 Å². The fourth-order valence-electron chi connectivity index (χ4n) is 3.65. The lowest BCUT2D eigenvalue weighted by atomic mass is 10.1. The van der Waals surface area contributed by atoms with Gasteiger partial charge in [0, 0.05) is 31.2 Å². The summed E-state index contributed by atoms with van der Waals surface area (Å²) in [6.07, 6.45) is 0.845. The minimum Gasteiger partial charge on any atom is -0.477 e. The van der Waals surface area contributed by atoms with Crippen molar-refractivity contribution in [3.63, 3.8) is 0 Å². The Labute approximate surface area is 147 Å². The lowest BCUT2D eigenvalue weighted by molar-refractivity contribution is 0.0694. The fraction of sp³-hybridized carbons (Fsp3) is 0.471. The van der Waals surface area contributed by atoms with E-state index in [1.807, 2.05) is 6.92 Å². The summed E-state index contributed by atoms with van der Waals surface area (Å²) < 4.78 is 29.7. The van der Waals surface area contributed by atoms with Crippen molar-refractivity contribution < 1.29 is 18.7 Å². The molecule has 2 unspecified atom stereocenters. The monoisotopic (exact) mass is 364 g/mol. The number of carboxylic acids is 1. The molecule has 3 heterocycles. The van der Waals surface area contributed by atoms with E-state index >= 15 is 0 Å². The number of fused-ring (bicyclic) bond motifs is 1. The van der Waals surface area contributed by atoms with Gasteiger partial charge in [-0.15, -0.1) is 0 Å². The average molecular weight is 364 g/mol. The van der Waals surface area contributed by atoms with Gasteiger partial charge in [-0.2, -0.15) is 0 Å². The minimum absolute atomic E-state index is 0.0298. The maximum atomic E-state index is 14.7. The van der Waals surface area contributed by atoms with Gasteiger partial charge in [0.1, 0.15) is 17.4 Å². The van der Waals surface area contributed by atoms with E-state index in [0.717, 1.165) is 12.3 Å². The molecule has 4 atom stereocenters. The molecular weight excluding hydrogens is 346 g/mol. The van der Waals surface area contributed by atoms with Crippen molar-refractivity contribution in [2.24, 2.45) is 5.73 Å². The summed E-state index contributed by atoms with van der Waals surface area (Å²) in [5, 5.41) is 9.07. The largest absolute Gasteiger partial charge is 0.477 e. The Morgan fingerprint density at radius 2 is 2.12 bits per heavy atom. The van der Waals surface area contributed by atoms with E-state index in [4.69, 9.17) is 5.73 Å². The molecule has 1 saturated heterocycles. The molecule has 0 radical (unpaired) electrons. The lowest BCUT2D eigenvalue weighted by Gasteiger charge is -2.24. The van der Waals surface area contributed by atoms with Crippen molar-refractivity contribution >= 4 is 22.8 Å². The van der Waals surface area contributed by atoms with Crippen molar-refractivity contribution in [1.82, 2.24) is 9.55 Å². The molecule has 26 heavy (non-hydrogen) atoms. The smallest absolute Gasteiger partial charge is 0.341 e. The molecule has 1 saturated carbocycles. The summed E-state index contributed by atoms with van der Waals surface area (Å²) in [5.41, 5.74) is 4.67. The predicted octanol–water partition coefficient (Wildman–Crippen LogP) is 1.44. The molecule has 1 aliphatic carbocycles.